The molecule has 2 fully saturated rings. The molecule has 2 aliphatic rings. The van der Waals surface area contributed by atoms with Crippen LogP contribution in [0.4, 0.5) is 19.3 Å². The molecule has 2 heterocycles. The van der Waals surface area contributed by atoms with Gasteiger partial charge in [0.15, 0.2) is 6.10 Å². The number of nitrogens with zero attached hydrogens (tertiary/aromatic N) is 2. The first-order chi connectivity index (χ1) is 11.2. The van der Waals surface area contributed by atoms with Gasteiger partial charge in [-0.25, -0.2) is 13.6 Å². The number of rotatable bonds is 4. The number of ether oxygens (including phenoxy) is 1. The third-order valence-electron chi connectivity index (χ3n) is 4.32. The van der Waals surface area contributed by atoms with E-state index in [4.69, 9.17) is 10.5 Å². The number of amides is 3. The Kier molecular flexibility index (Phi) is 3.66. The Morgan fingerprint density at radius 2 is 1.96 bits per heavy atom. The number of anilines is 1. The van der Waals surface area contributed by atoms with Crippen LogP contribution in [0.1, 0.15) is 12.5 Å². The second kappa shape index (κ2) is 5.43. The minimum absolute atomic E-state index is 0.0577. The number of primary amides is 1. The van der Waals surface area contributed by atoms with Crippen molar-refractivity contribution in [1.82, 2.24) is 4.90 Å². The highest BCUT2D eigenvalue weighted by atomic mass is 19.1. The zero-order valence-electron chi connectivity index (χ0n) is 12.8. The summed E-state index contributed by atoms with van der Waals surface area (Å²) in [6.45, 7) is 1.86. The topological polar surface area (TPSA) is 92.9 Å². The predicted molar refractivity (Wildman–Crippen MR) is 78.2 cm³/mol. The Labute approximate surface area is 135 Å². The number of hydrogen-bond acceptors (Lipinski definition) is 4. The molecule has 128 valence electrons. The van der Waals surface area contributed by atoms with Crippen LogP contribution < -0.4 is 10.6 Å². The maximum Gasteiger partial charge on any atom is 0.415 e. The van der Waals surface area contributed by atoms with E-state index in [0.29, 0.717) is 6.41 Å². The second-order valence-corrected chi connectivity index (χ2v) is 6.24. The Bertz CT molecular complexity index is 710. The van der Waals surface area contributed by atoms with Crippen molar-refractivity contribution in [3.05, 3.63) is 29.3 Å². The summed E-state index contributed by atoms with van der Waals surface area (Å²) in [5, 5.41) is 0. The molecule has 0 spiro atoms. The number of carbonyl (C=O) groups excluding carboxylic acids is 3. The van der Waals surface area contributed by atoms with Crippen molar-refractivity contribution < 1.29 is 27.9 Å². The van der Waals surface area contributed by atoms with Gasteiger partial charge in [0.25, 0.3) is 5.91 Å². The van der Waals surface area contributed by atoms with E-state index in [9.17, 15) is 23.2 Å². The summed E-state index contributed by atoms with van der Waals surface area (Å²) in [5.74, 6) is -2.49. The molecule has 1 aromatic carbocycles. The van der Waals surface area contributed by atoms with Crippen LogP contribution in [0.15, 0.2) is 12.1 Å². The molecular formula is C15H15F2N3O4. The SMILES string of the molecule is CC1(c2c(F)cc(N3C[C@H](C(N)=O)OC3=O)cc2F)CN(C=O)C1. The van der Waals surface area contributed by atoms with E-state index in [1.807, 2.05) is 0 Å². The van der Waals surface area contributed by atoms with Crippen LogP contribution in [0.3, 0.4) is 0 Å². The predicted octanol–water partition coefficient (Wildman–Crippen LogP) is 0.505. The van der Waals surface area contributed by atoms with Crippen LogP contribution in [0.25, 0.3) is 0 Å². The largest absolute Gasteiger partial charge is 0.434 e. The maximum absolute atomic E-state index is 14.5. The fraction of sp³-hybridized carbons (Fsp3) is 0.400. The summed E-state index contributed by atoms with van der Waals surface area (Å²) in [7, 11) is 0. The highest BCUT2D eigenvalue weighted by molar-refractivity contribution is 5.95. The summed E-state index contributed by atoms with van der Waals surface area (Å²) in [6, 6.07) is 2.02. The Morgan fingerprint density at radius 3 is 2.42 bits per heavy atom. The third kappa shape index (κ3) is 2.45. The molecule has 9 heteroatoms. The average Bonchev–Trinajstić information content (AvgIpc) is 2.85. The average molecular weight is 339 g/mol. The molecule has 1 atom stereocenters. The van der Waals surface area contributed by atoms with Gasteiger partial charge in [-0.3, -0.25) is 14.5 Å². The van der Waals surface area contributed by atoms with Crippen molar-refractivity contribution in [1.29, 1.82) is 0 Å². The Balaban J connectivity index is 1.90. The Morgan fingerprint density at radius 1 is 1.38 bits per heavy atom. The van der Waals surface area contributed by atoms with Crippen LogP contribution in [0.2, 0.25) is 0 Å². The van der Waals surface area contributed by atoms with Gasteiger partial charge in [0, 0.05) is 24.1 Å². The van der Waals surface area contributed by atoms with Gasteiger partial charge in [0.1, 0.15) is 11.6 Å². The summed E-state index contributed by atoms with van der Waals surface area (Å²) >= 11 is 0. The fourth-order valence-electron chi connectivity index (χ4n) is 3.20. The van der Waals surface area contributed by atoms with Gasteiger partial charge in [-0.05, 0) is 12.1 Å². The van der Waals surface area contributed by atoms with E-state index in [1.54, 1.807) is 6.92 Å². The number of halogens is 2. The van der Waals surface area contributed by atoms with Crippen molar-refractivity contribution in [2.24, 2.45) is 5.73 Å². The first-order valence-electron chi connectivity index (χ1n) is 7.21. The highest BCUT2D eigenvalue weighted by Gasteiger charge is 2.44. The quantitative estimate of drug-likeness (QED) is 0.809. The smallest absolute Gasteiger partial charge is 0.415 e. The lowest BCUT2D eigenvalue weighted by Gasteiger charge is -2.46. The van der Waals surface area contributed by atoms with Gasteiger partial charge in [0.2, 0.25) is 6.41 Å². The number of likely N-dealkylation sites (tertiary alicyclic amines) is 1. The van der Waals surface area contributed by atoms with Gasteiger partial charge >= 0.3 is 6.09 Å². The number of cyclic esters (lactones) is 1. The first kappa shape index (κ1) is 16.2. The zero-order chi connectivity index (χ0) is 17.6. The van der Waals surface area contributed by atoms with Crippen molar-refractivity contribution in [2.45, 2.75) is 18.4 Å². The fourth-order valence-corrected chi connectivity index (χ4v) is 3.20. The standard InChI is InChI=1S/C15H15F2N3O4/c1-15(5-19(6-15)7-21)12-9(16)2-8(3-10(12)17)20-4-11(13(18)22)24-14(20)23/h2-3,7,11H,4-6H2,1H3,(H2,18,22)/t11-/m1/s1. The van der Waals surface area contributed by atoms with Crippen molar-refractivity contribution >= 4 is 24.1 Å². The van der Waals surface area contributed by atoms with Crippen LogP contribution >= 0.6 is 0 Å². The van der Waals surface area contributed by atoms with Gasteiger partial charge in [-0.15, -0.1) is 0 Å². The molecule has 7 nitrogen and oxygen atoms in total. The van der Waals surface area contributed by atoms with E-state index in [2.05, 4.69) is 0 Å². The van der Waals surface area contributed by atoms with Crippen molar-refractivity contribution in [3.8, 4) is 0 Å². The lowest BCUT2D eigenvalue weighted by atomic mass is 9.75. The van der Waals surface area contributed by atoms with Crippen LogP contribution in [0, 0.1) is 11.6 Å². The summed E-state index contributed by atoms with van der Waals surface area (Å²) < 4.78 is 33.7. The molecule has 0 unspecified atom stereocenters. The number of carbonyl (C=O) groups is 3. The minimum atomic E-state index is -1.16. The summed E-state index contributed by atoms with van der Waals surface area (Å²) in [4.78, 5) is 35.9. The molecule has 24 heavy (non-hydrogen) atoms. The Hall–Kier alpha value is -2.71. The third-order valence-corrected chi connectivity index (χ3v) is 4.32. The summed E-state index contributed by atoms with van der Waals surface area (Å²) in [5.41, 5.74) is 4.05. The lowest BCUT2D eigenvalue weighted by Crippen LogP contribution is -2.57. The lowest BCUT2D eigenvalue weighted by molar-refractivity contribution is -0.125. The van der Waals surface area contributed by atoms with Crippen LogP contribution in [-0.2, 0) is 19.7 Å². The molecule has 2 aliphatic heterocycles. The van der Waals surface area contributed by atoms with E-state index in [0.717, 1.165) is 17.0 Å². The molecule has 0 bridgehead atoms. The maximum atomic E-state index is 14.5. The molecule has 0 aromatic heterocycles. The van der Waals surface area contributed by atoms with Crippen molar-refractivity contribution in [3.63, 3.8) is 0 Å². The normalized spacial score (nSPS) is 22.1. The molecule has 0 radical (unpaired) electrons. The first-order valence-corrected chi connectivity index (χ1v) is 7.21. The molecule has 3 amide bonds. The molecule has 2 saturated heterocycles. The van der Waals surface area contributed by atoms with Gasteiger partial charge < -0.3 is 15.4 Å². The number of nitrogens with two attached hydrogens (primary N) is 1. The molecular weight excluding hydrogens is 324 g/mol. The molecule has 1 aromatic rings. The number of hydrogen-bond donors (Lipinski definition) is 1. The van der Waals surface area contributed by atoms with E-state index in [-0.39, 0.29) is 30.9 Å². The van der Waals surface area contributed by atoms with Gasteiger partial charge in [-0.2, -0.15) is 0 Å². The molecule has 2 N–H and O–H groups in total. The second-order valence-electron chi connectivity index (χ2n) is 6.24. The van der Waals surface area contributed by atoms with Gasteiger partial charge in [0.05, 0.1) is 12.2 Å². The van der Waals surface area contributed by atoms with Crippen LogP contribution in [0.5, 0.6) is 0 Å². The molecule has 3 rings (SSSR count). The monoisotopic (exact) mass is 339 g/mol. The molecule has 0 aliphatic carbocycles. The highest BCUT2D eigenvalue weighted by Crippen LogP contribution is 2.38. The van der Waals surface area contributed by atoms with Crippen LogP contribution in [-0.4, -0.2) is 49.0 Å². The van der Waals surface area contributed by atoms with E-state index >= 15 is 0 Å². The van der Waals surface area contributed by atoms with Crippen molar-refractivity contribution in [2.75, 3.05) is 24.5 Å². The summed E-state index contributed by atoms with van der Waals surface area (Å²) in [6.07, 6.45) is -1.43. The van der Waals surface area contributed by atoms with Gasteiger partial charge in [-0.1, -0.05) is 6.92 Å². The zero-order valence-corrected chi connectivity index (χ0v) is 12.8. The van der Waals surface area contributed by atoms with E-state index in [1.165, 1.54) is 4.90 Å². The number of benzene rings is 1. The molecule has 0 saturated carbocycles. The minimum Gasteiger partial charge on any atom is -0.434 e. The van der Waals surface area contributed by atoms with E-state index < -0.39 is 35.2 Å².